The highest BCUT2D eigenvalue weighted by molar-refractivity contribution is 9.10. The number of nitrogens with zero attached hydrogens (tertiary/aromatic N) is 2. The Bertz CT molecular complexity index is 1080. The average molecular weight is 435 g/mol. The van der Waals surface area contributed by atoms with Crippen molar-refractivity contribution >= 4 is 39.1 Å². The molecule has 0 aliphatic carbocycles. The number of carbonyl (C=O) groups is 1. The van der Waals surface area contributed by atoms with Crippen molar-refractivity contribution in [2.75, 3.05) is 0 Å². The summed E-state index contributed by atoms with van der Waals surface area (Å²) in [5.41, 5.74) is 3.70. The van der Waals surface area contributed by atoms with Crippen LogP contribution in [0.3, 0.4) is 0 Å². The highest BCUT2D eigenvalue weighted by Crippen LogP contribution is 2.26. The second-order valence-corrected chi connectivity index (χ2v) is 7.76. The van der Waals surface area contributed by atoms with Gasteiger partial charge >= 0.3 is 0 Å². The van der Waals surface area contributed by atoms with Crippen LogP contribution in [0, 0.1) is 0 Å². The molecular weight excluding hydrogens is 420 g/mol. The third-order valence-electron chi connectivity index (χ3n) is 4.06. The number of thiophene rings is 1. The molecule has 0 fully saturated rings. The number of para-hydroxylation sites is 1. The fraction of sp³-hybridized carbons (Fsp3) is 0. The third-order valence-corrected chi connectivity index (χ3v) is 5.47. The van der Waals surface area contributed by atoms with E-state index in [0.29, 0.717) is 0 Å². The highest BCUT2D eigenvalue weighted by atomic mass is 79.9. The number of allylic oxidation sites excluding steroid dienone is 1. The summed E-state index contributed by atoms with van der Waals surface area (Å²) >= 11 is 4.91. The van der Waals surface area contributed by atoms with Crippen LogP contribution in [-0.2, 0) is 0 Å². The zero-order valence-corrected chi connectivity index (χ0v) is 16.7. The molecule has 3 nitrogen and oxygen atoms in total. The number of hydrogen-bond acceptors (Lipinski definition) is 3. The van der Waals surface area contributed by atoms with Crippen LogP contribution in [-0.4, -0.2) is 15.6 Å². The van der Waals surface area contributed by atoms with Crippen LogP contribution in [0.15, 0.2) is 88.9 Å². The zero-order valence-electron chi connectivity index (χ0n) is 14.2. The molecule has 0 saturated heterocycles. The van der Waals surface area contributed by atoms with Crippen LogP contribution in [0.2, 0.25) is 0 Å². The average Bonchev–Trinajstić information content (AvgIpc) is 3.38. The Balaban J connectivity index is 1.75. The summed E-state index contributed by atoms with van der Waals surface area (Å²) < 4.78 is 2.85. The Morgan fingerprint density at radius 3 is 2.48 bits per heavy atom. The lowest BCUT2D eigenvalue weighted by molar-refractivity contribution is 0.105. The number of rotatable bonds is 5. The van der Waals surface area contributed by atoms with Crippen molar-refractivity contribution in [1.82, 2.24) is 9.78 Å². The van der Waals surface area contributed by atoms with E-state index in [1.165, 1.54) is 11.3 Å². The monoisotopic (exact) mass is 434 g/mol. The molecule has 0 aliphatic rings. The normalized spacial score (nSPS) is 11.1. The lowest BCUT2D eigenvalue weighted by atomic mass is 10.1. The molecule has 5 heteroatoms. The van der Waals surface area contributed by atoms with Gasteiger partial charge in [0.15, 0.2) is 5.78 Å². The largest absolute Gasteiger partial charge is 0.288 e. The van der Waals surface area contributed by atoms with E-state index in [1.54, 1.807) is 6.08 Å². The first-order valence-electron chi connectivity index (χ1n) is 8.38. The molecule has 0 N–H and O–H groups in total. The van der Waals surface area contributed by atoms with Gasteiger partial charge in [-0.1, -0.05) is 52.3 Å². The Morgan fingerprint density at radius 1 is 1.00 bits per heavy atom. The second kappa shape index (κ2) is 7.86. The maximum atomic E-state index is 12.3. The van der Waals surface area contributed by atoms with Gasteiger partial charge in [0.25, 0.3) is 0 Å². The summed E-state index contributed by atoms with van der Waals surface area (Å²) in [6, 6.07) is 21.7. The second-order valence-electron chi connectivity index (χ2n) is 5.89. The minimum atomic E-state index is -0.000725. The van der Waals surface area contributed by atoms with Crippen molar-refractivity contribution in [1.29, 1.82) is 0 Å². The molecule has 4 rings (SSSR count). The van der Waals surface area contributed by atoms with E-state index in [0.717, 1.165) is 31.9 Å². The lowest BCUT2D eigenvalue weighted by Gasteiger charge is -2.00. The summed E-state index contributed by atoms with van der Waals surface area (Å²) in [7, 11) is 0. The molecule has 0 spiro atoms. The molecule has 132 valence electrons. The number of halogens is 1. The van der Waals surface area contributed by atoms with Crippen molar-refractivity contribution in [2.45, 2.75) is 0 Å². The number of hydrogen-bond donors (Lipinski definition) is 0. The fourth-order valence-electron chi connectivity index (χ4n) is 2.72. The molecule has 0 radical (unpaired) electrons. The van der Waals surface area contributed by atoms with Crippen molar-refractivity contribution in [3.05, 3.63) is 99.3 Å². The first kappa shape index (κ1) is 17.6. The summed E-state index contributed by atoms with van der Waals surface area (Å²) in [6.45, 7) is 0. The summed E-state index contributed by atoms with van der Waals surface area (Å²) in [5, 5.41) is 6.67. The van der Waals surface area contributed by atoms with Gasteiger partial charge in [-0.15, -0.1) is 11.3 Å². The van der Waals surface area contributed by atoms with Crippen molar-refractivity contribution in [2.24, 2.45) is 0 Å². The van der Waals surface area contributed by atoms with E-state index in [4.69, 9.17) is 5.10 Å². The van der Waals surface area contributed by atoms with Crippen LogP contribution in [0.5, 0.6) is 0 Å². The van der Waals surface area contributed by atoms with Gasteiger partial charge < -0.3 is 0 Å². The molecule has 2 heterocycles. The molecule has 0 bridgehead atoms. The smallest absolute Gasteiger partial charge is 0.195 e. The van der Waals surface area contributed by atoms with Gasteiger partial charge in [0.1, 0.15) is 0 Å². The van der Waals surface area contributed by atoms with Crippen molar-refractivity contribution < 1.29 is 4.79 Å². The third kappa shape index (κ3) is 3.99. The fourth-order valence-corrected chi connectivity index (χ4v) is 3.63. The van der Waals surface area contributed by atoms with Gasteiger partial charge in [-0.3, -0.25) is 4.79 Å². The molecule has 0 atom stereocenters. The molecule has 0 saturated carbocycles. The first-order valence-corrected chi connectivity index (χ1v) is 10.0. The Kier molecular flexibility index (Phi) is 5.14. The quantitative estimate of drug-likeness (QED) is 0.274. The van der Waals surface area contributed by atoms with Crippen molar-refractivity contribution in [3.8, 4) is 16.9 Å². The predicted molar refractivity (Wildman–Crippen MR) is 114 cm³/mol. The van der Waals surface area contributed by atoms with Gasteiger partial charge in [0, 0.05) is 21.8 Å². The molecule has 2 aromatic heterocycles. The molecule has 0 amide bonds. The van der Waals surface area contributed by atoms with E-state index in [-0.39, 0.29) is 5.78 Å². The van der Waals surface area contributed by atoms with Gasteiger partial charge in [0.05, 0.1) is 16.3 Å². The first-order chi connectivity index (χ1) is 13.2. The number of ketones is 1. The van der Waals surface area contributed by atoms with E-state index in [2.05, 4.69) is 15.9 Å². The molecule has 2 aromatic carbocycles. The molecule has 27 heavy (non-hydrogen) atoms. The van der Waals surface area contributed by atoms with Crippen molar-refractivity contribution in [3.63, 3.8) is 0 Å². The highest BCUT2D eigenvalue weighted by Gasteiger charge is 2.11. The van der Waals surface area contributed by atoms with Crippen LogP contribution in [0.1, 0.15) is 15.2 Å². The maximum absolute atomic E-state index is 12.3. The molecule has 0 aliphatic heterocycles. The van der Waals surface area contributed by atoms with Crippen LogP contribution in [0.4, 0.5) is 0 Å². The summed E-state index contributed by atoms with van der Waals surface area (Å²) in [6.07, 6.45) is 5.40. The molecule has 4 aromatic rings. The number of benzene rings is 2. The van der Waals surface area contributed by atoms with E-state index in [9.17, 15) is 4.79 Å². The standard InChI is InChI=1S/C22H15BrN2OS/c23-18-11-8-16(9-12-18)22-17(10-13-20(26)21-7-4-14-27-21)15-25(24-22)19-5-2-1-3-6-19/h1-15H/b13-10+. The van der Waals surface area contributed by atoms with Gasteiger partial charge in [-0.25, -0.2) is 4.68 Å². The number of aromatic nitrogens is 2. The predicted octanol–water partition coefficient (Wildman–Crippen LogP) is 6.26. The zero-order chi connectivity index (χ0) is 18.6. The maximum Gasteiger partial charge on any atom is 0.195 e. The minimum Gasteiger partial charge on any atom is -0.288 e. The Morgan fingerprint density at radius 2 is 1.78 bits per heavy atom. The Hall–Kier alpha value is -2.76. The Labute approximate surface area is 169 Å². The van der Waals surface area contributed by atoms with Crippen LogP contribution < -0.4 is 0 Å². The molecule has 0 unspecified atom stereocenters. The molecular formula is C22H15BrN2OS. The van der Waals surface area contributed by atoms with Gasteiger partial charge in [-0.2, -0.15) is 5.10 Å². The van der Waals surface area contributed by atoms with Gasteiger partial charge in [-0.05, 0) is 47.9 Å². The lowest BCUT2D eigenvalue weighted by Crippen LogP contribution is -1.93. The van der Waals surface area contributed by atoms with Crippen LogP contribution in [0.25, 0.3) is 23.0 Å². The van der Waals surface area contributed by atoms with E-state index in [1.807, 2.05) is 89.1 Å². The summed E-state index contributed by atoms with van der Waals surface area (Å²) in [5.74, 6) is -0.000725. The number of carbonyl (C=O) groups excluding carboxylic acids is 1. The minimum absolute atomic E-state index is 0.000725. The SMILES string of the molecule is O=C(/C=C/c1cn(-c2ccccc2)nc1-c1ccc(Br)cc1)c1cccs1. The summed E-state index contributed by atoms with van der Waals surface area (Å²) in [4.78, 5) is 13.1. The van der Waals surface area contributed by atoms with E-state index >= 15 is 0 Å². The topological polar surface area (TPSA) is 34.9 Å². The van der Waals surface area contributed by atoms with Crippen LogP contribution >= 0.6 is 27.3 Å². The van der Waals surface area contributed by atoms with E-state index < -0.39 is 0 Å². The van der Waals surface area contributed by atoms with Gasteiger partial charge in [0.2, 0.25) is 0 Å².